The molecule has 5 nitrogen and oxygen atoms in total. The predicted molar refractivity (Wildman–Crippen MR) is 47.6 cm³/mol. The van der Waals surface area contributed by atoms with Crippen LogP contribution >= 0.6 is 0 Å². The summed E-state index contributed by atoms with van der Waals surface area (Å²) in [6.07, 6.45) is -3.98. The van der Waals surface area contributed by atoms with Crippen molar-refractivity contribution in [3.05, 3.63) is 12.2 Å². The van der Waals surface area contributed by atoms with Crippen LogP contribution in [0.1, 0.15) is 5.82 Å². The first-order chi connectivity index (χ1) is 7.38. The Morgan fingerprint density at radius 2 is 2.25 bits per heavy atom. The van der Waals surface area contributed by atoms with Crippen LogP contribution in [0.2, 0.25) is 0 Å². The Hall–Kier alpha value is -1.15. The van der Waals surface area contributed by atoms with E-state index in [-0.39, 0.29) is 13.0 Å². The monoisotopic (exact) mass is 239 g/mol. The van der Waals surface area contributed by atoms with E-state index in [1.165, 1.54) is 11.0 Å². The number of ether oxygens (including phenoxy) is 1. The van der Waals surface area contributed by atoms with E-state index in [4.69, 9.17) is 0 Å². The van der Waals surface area contributed by atoms with Gasteiger partial charge in [-0.1, -0.05) is 0 Å². The van der Waals surface area contributed by atoms with Gasteiger partial charge in [-0.05, 0) is 0 Å². The largest absolute Gasteiger partial charge is 0.411 e. The number of nitrogens with zero attached hydrogens (tertiary/aromatic N) is 3. The summed E-state index contributed by atoms with van der Waals surface area (Å²) in [6.45, 7) is -1.74. The molecule has 8 heteroatoms. The summed E-state index contributed by atoms with van der Waals surface area (Å²) >= 11 is 0. The zero-order valence-corrected chi connectivity index (χ0v) is 8.61. The molecule has 0 saturated heterocycles. The molecule has 0 aliphatic heterocycles. The van der Waals surface area contributed by atoms with Gasteiger partial charge in [0, 0.05) is 13.5 Å². The molecular weight excluding hydrogens is 227 g/mol. The van der Waals surface area contributed by atoms with Crippen LogP contribution in [0.5, 0.6) is 0 Å². The zero-order chi connectivity index (χ0) is 12.2. The molecule has 0 saturated carbocycles. The van der Waals surface area contributed by atoms with Gasteiger partial charge in [0.1, 0.15) is 18.8 Å². The van der Waals surface area contributed by atoms with Gasteiger partial charge in [-0.15, -0.1) is 0 Å². The topological polar surface area (TPSA) is 60.2 Å². The Kier molecular flexibility index (Phi) is 4.25. The van der Waals surface area contributed by atoms with Gasteiger partial charge < -0.3 is 9.84 Å². The average Bonchev–Trinajstić information content (AvgIpc) is 2.49. The highest BCUT2D eigenvalue weighted by atomic mass is 19.4. The predicted octanol–water partition coefficient (Wildman–Crippen LogP) is 0.297. The van der Waals surface area contributed by atoms with Crippen molar-refractivity contribution in [1.29, 1.82) is 0 Å². The standard InChI is InChI=1S/C8H12F3N3O2/c1-14-7(12-5-13-14)2-6(15)3-16-4-8(9,10)11/h5-6,15H,2-4H2,1H3. The lowest BCUT2D eigenvalue weighted by Crippen LogP contribution is -2.25. The van der Waals surface area contributed by atoms with Gasteiger partial charge in [0.15, 0.2) is 0 Å². The van der Waals surface area contributed by atoms with Crippen molar-refractivity contribution < 1.29 is 23.0 Å². The molecule has 0 radical (unpaired) electrons. The van der Waals surface area contributed by atoms with Crippen LogP contribution in [0.25, 0.3) is 0 Å². The molecular formula is C8H12F3N3O2. The molecule has 92 valence electrons. The molecule has 0 amide bonds. The third kappa shape index (κ3) is 4.58. The van der Waals surface area contributed by atoms with Crippen molar-refractivity contribution in [1.82, 2.24) is 14.8 Å². The zero-order valence-electron chi connectivity index (χ0n) is 8.61. The maximum atomic E-state index is 11.7. The summed E-state index contributed by atoms with van der Waals surface area (Å²) in [4.78, 5) is 3.83. The minimum Gasteiger partial charge on any atom is -0.390 e. The van der Waals surface area contributed by atoms with Gasteiger partial charge in [-0.25, -0.2) is 4.98 Å². The number of halogens is 3. The number of hydrogen-bond donors (Lipinski definition) is 1. The Morgan fingerprint density at radius 3 is 2.75 bits per heavy atom. The number of aryl methyl sites for hydroxylation is 1. The van der Waals surface area contributed by atoms with E-state index < -0.39 is 18.9 Å². The summed E-state index contributed by atoms with van der Waals surface area (Å²) in [7, 11) is 1.63. The molecule has 0 aliphatic carbocycles. The van der Waals surface area contributed by atoms with E-state index in [2.05, 4.69) is 14.8 Å². The maximum absolute atomic E-state index is 11.7. The minimum absolute atomic E-state index is 0.106. The second-order valence-electron chi connectivity index (χ2n) is 3.29. The second kappa shape index (κ2) is 5.26. The molecule has 1 N–H and O–H groups in total. The quantitative estimate of drug-likeness (QED) is 0.802. The summed E-state index contributed by atoms with van der Waals surface area (Å²) in [5, 5.41) is 13.1. The number of alkyl halides is 3. The van der Waals surface area contributed by atoms with Crippen LogP contribution in [0, 0.1) is 0 Å². The average molecular weight is 239 g/mol. The maximum Gasteiger partial charge on any atom is 0.411 e. The fourth-order valence-electron chi connectivity index (χ4n) is 1.09. The molecule has 0 fully saturated rings. The molecule has 1 heterocycles. The number of rotatable bonds is 5. The first-order valence-corrected chi connectivity index (χ1v) is 4.54. The van der Waals surface area contributed by atoms with Crippen LogP contribution in [0.3, 0.4) is 0 Å². The molecule has 1 rings (SSSR count). The first kappa shape index (κ1) is 12.9. The third-order valence-corrected chi connectivity index (χ3v) is 1.80. The van der Waals surface area contributed by atoms with Crippen molar-refractivity contribution in [2.24, 2.45) is 7.05 Å². The van der Waals surface area contributed by atoms with E-state index in [0.717, 1.165) is 0 Å². The van der Waals surface area contributed by atoms with Crippen LogP contribution < -0.4 is 0 Å². The molecule has 1 aromatic rings. The SMILES string of the molecule is Cn1ncnc1CC(O)COCC(F)(F)F. The van der Waals surface area contributed by atoms with Gasteiger partial charge in [-0.2, -0.15) is 18.3 Å². The van der Waals surface area contributed by atoms with E-state index in [1.807, 2.05) is 0 Å². The summed E-state index contributed by atoms with van der Waals surface area (Å²) in [5.74, 6) is 0.489. The smallest absolute Gasteiger partial charge is 0.390 e. The van der Waals surface area contributed by atoms with E-state index in [9.17, 15) is 18.3 Å². The van der Waals surface area contributed by atoms with E-state index >= 15 is 0 Å². The minimum atomic E-state index is -4.37. The molecule has 16 heavy (non-hydrogen) atoms. The van der Waals surface area contributed by atoms with E-state index in [0.29, 0.717) is 5.82 Å². The molecule has 0 spiro atoms. The van der Waals surface area contributed by atoms with Gasteiger partial charge in [0.2, 0.25) is 0 Å². The van der Waals surface area contributed by atoms with Crippen molar-refractivity contribution >= 4 is 0 Å². The van der Waals surface area contributed by atoms with Gasteiger partial charge in [0.05, 0.1) is 12.7 Å². The third-order valence-electron chi connectivity index (χ3n) is 1.80. The van der Waals surface area contributed by atoms with Crippen LogP contribution in [-0.4, -0.2) is 45.4 Å². The fraction of sp³-hybridized carbons (Fsp3) is 0.750. The summed E-state index contributed by atoms with van der Waals surface area (Å²) in [5.41, 5.74) is 0. The Balaban J connectivity index is 2.26. The molecule has 1 atom stereocenters. The lowest BCUT2D eigenvalue weighted by Gasteiger charge is -2.11. The Morgan fingerprint density at radius 1 is 1.56 bits per heavy atom. The van der Waals surface area contributed by atoms with Crippen molar-refractivity contribution in [3.63, 3.8) is 0 Å². The normalized spacial score (nSPS) is 14.1. The lowest BCUT2D eigenvalue weighted by molar-refractivity contribution is -0.179. The number of aliphatic hydroxyl groups is 1. The van der Waals surface area contributed by atoms with E-state index in [1.54, 1.807) is 7.05 Å². The highest BCUT2D eigenvalue weighted by Gasteiger charge is 2.27. The molecule has 0 aromatic carbocycles. The van der Waals surface area contributed by atoms with Crippen LogP contribution in [0.15, 0.2) is 6.33 Å². The number of aliphatic hydroxyl groups excluding tert-OH is 1. The van der Waals surface area contributed by atoms with Gasteiger partial charge in [0.25, 0.3) is 0 Å². The van der Waals surface area contributed by atoms with Crippen molar-refractivity contribution in [3.8, 4) is 0 Å². The molecule has 1 aromatic heterocycles. The molecule has 0 bridgehead atoms. The molecule has 1 unspecified atom stereocenters. The van der Waals surface area contributed by atoms with Crippen molar-refractivity contribution in [2.45, 2.75) is 18.7 Å². The van der Waals surface area contributed by atoms with Gasteiger partial charge in [-0.3, -0.25) is 4.68 Å². The van der Waals surface area contributed by atoms with Crippen LogP contribution in [0.4, 0.5) is 13.2 Å². The summed E-state index contributed by atoms with van der Waals surface area (Å²) < 4.78 is 40.9. The fourth-order valence-corrected chi connectivity index (χ4v) is 1.09. The highest BCUT2D eigenvalue weighted by molar-refractivity contribution is 4.86. The lowest BCUT2D eigenvalue weighted by atomic mass is 10.2. The van der Waals surface area contributed by atoms with Crippen LogP contribution in [-0.2, 0) is 18.2 Å². The summed E-state index contributed by atoms with van der Waals surface area (Å²) in [6, 6.07) is 0. The van der Waals surface area contributed by atoms with Gasteiger partial charge >= 0.3 is 6.18 Å². The van der Waals surface area contributed by atoms with Crippen molar-refractivity contribution in [2.75, 3.05) is 13.2 Å². The highest BCUT2D eigenvalue weighted by Crippen LogP contribution is 2.14. The number of hydrogen-bond acceptors (Lipinski definition) is 4. The number of aromatic nitrogens is 3. The Labute approximate surface area is 89.9 Å². The second-order valence-corrected chi connectivity index (χ2v) is 3.29. The first-order valence-electron chi connectivity index (χ1n) is 4.54. The Bertz CT molecular complexity index is 327. The molecule has 0 aliphatic rings.